The van der Waals surface area contributed by atoms with E-state index in [9.17, 15) is 0 Å². The van der Waals surface area contributed by atoms with Crippen molar-refractivity contribution in [3.63, 3.8) is 0 Å². The van der Waals surface area contributed by atoms with Crippen molar-refractivity contribution in [2.45, 2.75) is 53.9 Å². The monoisotopic (exact) mass is 256 g/mol. The van der Waals surface area contributed by atoms with Crippen molar-refractivity contribution in [1.29, 1.82) is 0 Å². The van der Waals surface area contributed by atoms with Crippen molar-refractivity contribution in [3.05, 3.63) is 52.8 Å². The fourth-order valence-corrected chi connectivity index (χ4v) is 2.38. The highest BCUT2D eigenvalue weighted by Crippen LogP contribution is 2.25. The van der Waals surface area contributed by atoms with Gasteiger partial charge < -0.3 is 0 Å². The predicted molar refractivity (Wildman–Crippen MR) is 86.1 cm³/mol. The van der Waals surface area contributed by atoms with Crippen molar-refractivity contribution in [1.82, 2.24) is 0 Å². The van der Waals surface area contributed by atoms with E-state index in [0.29, 0.717) is 5.92 Å². The van der Waals surface area contributed by atoms with Crippen LogP contribution in [0.15, 0.2) is 52.8 Å². The molecule has 2 atom stereocenters. The van der Waals surface area contributed by atoms with E-state index in [4.69, 9.17) is 0 Å². The van der Waals surface area contributed by atoms with Crippen LogP contribution in [-0.4, -0.2) is 0 Å². The molecule has 0 heterocycles. The normalized spacial score (nSPS) is 18.1. The van der Waals surface area contributed by atoms with Crippen LogP contribution in [0.4, 0.5) is 0 Å². The minimum Gasteiger partial charge on any atom is -0.112 e. The standard InChI is InChI=1S/C19H28/c1-7-14(2)12-15(3)13-18(6)19-10-8-16(4)17(5)9-11-19/h8-10,14-15H,6-7,12-13H2,1-5H3. The van der Waals surface area contributed by atoms with Gasteiger partial charge in [0, 0.05) is 5.57 Å². The summed E-state index contributed by atoms with van der Waals surface area (Å²) in [5, 5.41) is 0. The average molecular weight is 256 g/mol. The minimum absolute atomic E-state index is 0.698. The Bertz CT molecular complexity index is 450. The summed E-state index contributed by atoms with van der Waals surface area (Å²) in [6.07, 6.45) is 10.0. The maximum Gasteiger partial charge on any atom is 0.0191 e. The van der Waals surface area contributed by atoms with Crippen LogP contribution in [0.1, 0.15) is 53.9 Å². The van der Waals surface area contributed by atoms with Crippen LogP contribution in [0.25, 0.3) is 0 Å². The summed E-state index contributed by atoms with van der Waals surface area (Å²) in [7, 11) is 0. The van der Waals surface area contributed by atoms with Crippen molar-refractivity contribution in [2.75, 3.05) is 0 Å². The van der Waals surface area contributed by atoms with Gasteiger partial charge in [0.25, 0.3) is 0 Å². The van der Waals surface area contributed by atoms with Gasteiger partial charge in [0.05, 0.1) is 0 Å². The molecule has 0 aromatic rings. The van der Waals surface area contributed by atoms with E-state index in [1.165, 1.54) is 29.6 Å². The molecule has 104 valence electrons. The number of rotatable bonds is 6. The first kappa shape index (κ1) is 15.8. The topological polar surface area (TPSA) is 0 Å². The number of hydrogen-bond donors (Lipinski definition) is 0. The second-order valence-electron chi connectivity index (χ2n) is 6.06. The van der Waals surface area contributed by atoms with Gasteiger partial charge in [-0.3, -0.25) is 0 Å². The first-order valence-corrected chi connectivity index (χ1v) is 7.44. The molecule has 19 heavy (non-hydrogen) atoms. The Kier molecular flexibility index (Phi) is 6.12. The van der Waals surface area contributed by atoms with E-state index in [0.717, 1.165) is 17.9 Å². The van der Waals surface area contributed by atoms with E-state index in [1.807, 2.05) is 0 Å². The van der Waals surface area contributed by atoms with E-state index in [1.54, 1.807) is 0 Å². The molecule has 0 N–H and O–H groups in total. The molecule has 0 saturated heterocycles. The summed E-state index contributed by atoms with van der Waals surface area (Å²) in [4.78, 5) is 0. The molecule has 1 aliphatic rings. The zero-order valence-corrected chi connectivity index (χ0v) is 13.2. The third-order valence-corrected chi connectivity index (χ3v) is 4.04. The van der Waals surface area contributed by atoms with Crippen LogP contribution in [-0.2, 0) is 0 Å². The van der Waals surface area contributed by atoms with Crippen LogP contribution in [0.5, 0.6) is 0 Å². The summed E-state index contributed by atoms with van der Waals surface area (Å²) in [6, 6.07) is 0. The molecule has 0 heteroatoms. The van der Waals surface area contributed by atoms with Crippen LogP contribution in [0.3, 0.4) is 0 Å². The molecule has 0 aromatic carbocycles. The molecule has 0 bridgehead atoms. The van der Waals surface area contributed by atoms with Crippen molar-refractivity contribution >= 4 is 0 Å². The Labute approximate surface area is 119 Å². The van der Waals surface area contributed by atoms with E-state index >= 15 is 0 Å². The van der Waals surface area contributed by atoms with Gasteiger partial charge in [-0.05, 0) is 67.4 Å². The fraction of sp³-hybridized carbons (Fsp3) is 0.526. The predicted octanol–water partition coefficient (Wildman–Crippen LogP) is 5.99. The van der Waals surface area contributed by atoms with E-state index < -0.39 is 0 Å². The third kappa shape index (κ3) is 5.09. The molecular formula is C19H28. The van der Waals surface area contributed by atoms with Gasteiger partial charge in [-0.25, -0.2) is 0 Å². The summed E-state index contributed by atoms with van der Waals surface area (Å²) in [6.45, 7) is 15.5. The average Bonchev–Trinajstić information content (AvgIpc) is 2.52. The quantitative estimate of drug-likeness (QED) is 0.512. The molecule has 0 fully saturated rings. The van der Waals surface area contributed by atoms with Crippen LogP contribution >= 0.6 is 0 Å². The highest BCUT2D eigenvalue weighted by atomic mass is 14.2. The second kappa shape index (κ2) is 7.36. The Morgan fingerprint density at radius 1 is 1.16 bits per heavy atom. The first-order valence-electron chi connectivity index (χ1n) is 7.44. The van der Waals surface area contributed by atoms with E-state index in [2.05, 4.69) is 65.2 Å². The number of allylic oxidation sites excluding steroid dienone is 6. The molecule has 1 rings (SSSR count). The van der Waals surface area contributed by atoms with Gasteiger partial charge in [0.2, 0.25) is 0 Å². The lowest BCUT2D eigenvalue weighted by Gasteiger charge is -2.17. The van der Waals surface area contributed by atoms with Gasteiger partial charge >= 0.3 is 0 Å². The lowest BCUT2D eigenvalue weighted by Crippen LogP contribution is -2.03. The van der Waals surface area contributed by atoms with Gasteiger partial charge in [-0.1, -0.05) is 39.8 Å². The molecule has 0 radical (unpaired) electrons. The summed E-state index contributed by atoms with van der Waals surface area (Å²) in [5.41, 5.74) is 8.35. The molecule has 1 aliphatic carbocycles. The minimum atomic E-state index is 0.698. The van der Waals surface area contributed by atoms with Crippen molar-refractivity contribution < 1.29 is 0 Å². The third-order valence-electron chi connectivity index (χ3n) is 4.04. The summed E-state index contributed by atoms with van der Waals surface area (Å²) in [5.74, 6) is 1.51. The molecule has 0 amide bonds. The van der Waals surface area contributed by atoms with Gasteiger partial charge in [-0.15, -0.1) is 5.73 Å². The molecule has 0 spiro atoms. The zero-order valence-electron chi connectivity index (χ0n) is 13.2. The smallest absolute Gasteiger partial charge is 0.0191 e. The van der Waals surface area contributed by atoms with E-state index in [-0.39, 0.29) is 0 Å². The fourth-order valence-electron chi connectivity index (χ4n) is 2.38. The van der Waals surface area contributed by atoms with Crippen molar-refractivity contribution in [2.24, 2.45) is 11.8 Å². The highest BCUT2D eigenvalue weighted by Gasteiger charge is 2.10. The zero-order chi connectivity index (χ0) is 14.4. The number of hydrogen-bond acceptors (Lipinski definition) is 0. The summed E-state index contributed by atoms with van der Waals surface area (Å²) >= 11 is 0. The van der Waals surface area contributed by atoms with Crippen molar-refractivity contribution in [3.8, 4) is 0 Å². The molecule has 0 aliphatic heterocycles. The Morgan fingerprint density at radius 2 is 1.84 bits per heavy atom. The second-order valence-corrected chi connectivity index (χ2v) is 6.06. The maximum absolute atomic E-state index is 4.25. The van der Waals surface area contributed by atoms with Crippen LogP contribution in [0, 0.1) is 11.8 Å². The van der Waals surface area contributed by atoms with Gasteiger partial charge in [-0.2, -0.15) is 0 Å². The van der Waals surface area contributed by atoms with Gasteiger partial charge in [0.15, 0.2) is 0 Å². The van der Waals surface area contributed by atoms with Crippen LogP contribution < -0.4 is 0 Å². The Morgan fingerprint density at radius 3 is 2.47 bits per heavy atom. The SMILES string of the molecule is C=C(CC(C)CC(C)CC)C1=C=CC(C)=C(C)C=C1. The highest BCUT2D eigenvalue weighted by molar-refractivity contribution is 5.45. The van der Waals surface area contributed by atoms with Crippen LogP contribution in [0.2, 0.25) is 0 Å². The Balaban J connectivity index is 2.66. The largest absolute Gasteiger partial charge is 0.112 e. The maximum atomic E-state index is 4.25. The first-order chi connectivity index (χ1) is 8.93. The summed E-state index contributed by atoms with van der Waals surface area (Å²) < 4.78 is 0. The molecular weight excluding hydrogens is 228 g/mol. The molecule has 2 unspecified atom stereocenters. The molecule has 0 saturated carbocycles. The lowest BCUT2D eigenvalue weighted by atomic mass is 9.89. The lowest BCUT2D eigenvalue weighted by molar-refractivity contribution is 0.405. The molecule has 0 aromatic heterocycles. The van der Waals surface area contributed by atoms with Gasteiger partial charge in [0.1, 0.15) is 0 Å². The molecule has 0 nitrogen and oxygen atoms in total. The Hall–Kier alpha value is -1.26.